The second-order valence-electron chi connectivity index (χ2n) is 8.26. The van der Waals surface area contributed by atoms with Gasteiger partial charge in [0.25, 0.3) is 0 Å². The van der Waals surface area contributed by atoms with Crippen LogP contribution in [0.5, 0.6) is 0 Å². The molecule has 0 aliphatic heterocycles. The quantitative estimate of drug-likeness (QED) is 0.323. The van der Waals surface area contributed by atoms with Gasteiger partial charge in [0.1, 0.15) is 5.60 Å². The van der Waals surface area contributed by atoms with Crippen molar-refractivity contribution in [2.24, 2.45) is 0 Å². The van der Waals surface area contributed by atoms with E-state index in [-0.39, 0.29) is 0 Å². The zero-order chi connectivity index (χ0) is 19.4. The summed E-state index contributed by atoms with van der Waals surface area (Å²) in [6, 6.07) is 32.2. The minimum atomic E-state index is -0.950. The maximum Gasteiger partial charge on any atom is 0.115 e. The van der Waals surface area contributed by atoms with Gasteiger partial charge in [0.2, 0.25) is 0 Å². The Kier molecular flexibility index (Phi) is 3.57. The molecule has 1 heteroatoms. The number of fused-ring (bicyclic) bond motifs is 5. The van der Waals surface area contributed by atoms with Gasteiger partial charge in [0.15, 0.2) is 0 Å². The van der Waals surface area contributed by atoms with Crippen LogP contribution >= 0.6 is 0 Å². The van der Waals surface area contributed by atoms with E-state index < -0.39 is 5.60 Å². The molecule has 0 fully saturated rings. The van der Waals surface area contributed by atoms with Crippen molar-refractivity contribution < 1.29 is 5.11 Å². The number of aliphatic hydroxyl groups is 1. The Morgan fingerprint density at radius 1 is 0.586 bits per heavy atom. The van der Waals surface area contributed by atoms with Crippen LogP contribution in [0.15, 0.2) is 91.0 Å². The number of aryl methyl sites for hydroxylation is 1. The van der Waals surface area contributed by atoms with Crippen LogP contribution in [0.3, 0.4) is 0 Å². The molecule has 0 spiro atoms. The van der Waals surface area contributed by atoms with Crippen molar-refractivity contribution in [1.29, 1.82) is 0 Å². The van der Waals surface area contributed by atoms with Crippen LogP contribution in [0.2, 0.25) is 0 Å². The van der Waals surface area contributed by atoms with Gasteiger partial charge in [-0.15, -0.1) is 0 Å². The van der Waals surface area contributed by atoms with Gasteiger partial charge in [0, 0.05) is 0 Å². The van der Waals surface area contributed by atoms with Crippen LogP contribution in [-0.4, -0.2) is 5.11 Å². The van der Waals surface area contributed by atoms with E-state index >= 15 is 0 Å². The molecule has 1 nitrogen and oxygen atoms in total. The van der Waals surface area contributed by atoms with E-state index in [4.69, 9.17) is 0 Å². The molecule has 5 aromatic carbocycles. The maximum absolute atomic E-state index is 12.1. The second kappa shape index (κ2) is 6.17. The number of benzene rings is 5. The highest BCUT2D eigenvalue weighted by molar-refractivity contribution is 6.08. The van der Waals surface area contributed by atoms with Crippen molar-refractivity contribution in [3.8, 4) is 0 Å². The van der Waals surface area contributed by atoms with Gasteiger partial charge in [-0.05, 0) is 74.3 Å². The largest absolute Gasteiger partial charge is 0.380 e. The first-order chi connectivity index (χ1) is 14.2. The highest BCUT2D eigenvalue weighted by Gasteiger charge is 2.37. The van der Waals surface area contributed by atoms with Crippen molar-refractivity contribution in [3.63, 3.8) is 0 Å². The lowest BCUT2D eigenvalue weighted by Crippen LogP contribution is -2.32. The van der Waals surface area contributed by atoms with Crippen molar-refractivity contribution >= 4 is 32.3 Å². The number of hydrogen-bond acceptors (Lipinski definition) is 1. The van der Waals surface area contributed by atoms with Crippen LogP contribution < -0.4 is 0 Å². The minimum Gasteiger partial charge on any atom is -0.380 e. The molecule has 0 amide bonds. The van der Waals surface area contributed by atoms with Crippen LogP contribution in [0.25, 0.3) is 32.3 Å². The Balaban J connectivity index is 1.65. The van der Waals surface area contributed by atoms with Gasteiger partial charge >= 0.3 is 0 Å². The van der Waals surface area contributed by atoms with E-state index in [2.05, 4.69) is 91.0 Å². The molecule has 1 aliphatic carbocycles. The summed E-state index contributed by atoms with van der Waals surface area (Å²) < 4.78 is 0. The number of hydrogen-bond donors (Lipinski definition) is 1. The second-order valence-corrected chi connectivity index (χ2v) is 8.26. The number of rotatable bonds is 1. The molecule has 0 saturated carbocycles. The van der Waals surface area contributed by atoms with E-state index in [1.807, 2.05) is 0 Å². The lowest BCUT2D eigenvalue weighted by Gasteiger charge is -2.36. The summed E-state index contributed by atoms with van der Waals surface area (Å²) in [5.41, 5.74) is 2.42. The monoisotopic (exact) mass is 374 g/mol. The van der Waals surface area contributed by atoms with Crippen molar-refractivity contribution in [2.75, 3.05) is 0 Å². The van der Waals surface area contributed by atoms with E-state index in [0.717, 1.165) is 35.8 Å². The normalized spacial score (nSPS) is 18.9. The molecule has 0 bridgehead atoms. The third-order valence-corrected chi connectivity index (χ3v) is 6.63. The predicted octanol–water partition coefficient (Wildman–Crippen LogP) is 6.72. The Bertz CT molecular complexity index is 1390. The van der Waals surface area contributed by atoms with Crippen LogP contribution in [0.4, 0.5) is 0 Å². The van der Waals surface area contributed by atoms with Crippen LogP contribution in [-0.2, 0) is 12.0 Å². The topological polar surface area (TPSA) is 20.2 Å². The highest BCUT2D eigenvalue weighted by Crippen LogP contribution is 2.44. The van der Waals surface area contributed by atoms with Gasteiger partial charge in [-0.2, -0.15) is 0 Å². The molecule has 0 heterocycles. The summed E-state index contributed by atoms with van der Waals surface area (Å²) in [7, 11) is 0. The maximum atomic E-state index is 12.1. The molecule has 0 saturated heterocycles. The lowest BCUT2D eigenvalue weighted by atomic mass is 9.73. The van der Waals surface area contributed by atoms with Crippen LogP contribution in [0, 0.1) is 0 Å². The third kappa shape index (κ3) is 2.44. The van der Waals surface area contributed by atoms with Gasteiger partial charge in [-0.1, -0.05) is 84.9 Å². The summed E-state index contributed by atoms with van der Waals surface area (Å²) in [5, 5.41) is 19.4. The van der Waals surface area contributed by atoms with E-state index in [9.17, 15) is 5.11 Å². The van der Waals surface area contributed by atoms with Crippen molar-refractivity contribution in [1.82, 2.24) is 0 Å². The fourth-order valence-corrected chi connectivity index (χ4v) is 5.23. The average molecular weight is 374 g/mol. The Labute approximate surface area is 170 Å². The molecular formula is C28H22O. The first kappa shape index (κ1) is 16.8. The fraction of sp³-hybridized carbons (Fsp3) is 0.143. The van der Waals surface area contributed by atoms with E-state index in [1.165, 1.54) is 32.5 Å². The third-order valence-electron chi connectivity index (χ3n) is 6.63. The molecular weight excluding hydrogens is 352 g/mol. The average Bonchev–Trinajstić information content (AvgIpc) is 2.78. The SMILES string of the molecule is O[C@]1(c2cccc3ccccc23)CCCc2cc3c(ccc4ccccc43)cc21. The first-order valence-electron chi connectivity index (χ1n) is 10.4. The van der Waals surface area contributed by atoms with Crippen molar-refractivity contribution in [2.45, 2.75) is 24.9 Å². The highest BCUT2D eigenvalue weighted by atomic mass is 16.3. The summed E-state index contributed by atoms with van der Waals surface area (Å²) >= 11 is 0. The molecule has 0 aromatic heterocycles. The molecule has 0 unspecified atom stereocenters. The zero-order valence-corrected chi connectivity index (χ0v) is 16.2. The summed E-state index contributed by atoms with van der Waals surface area (Å²) in [6.45, 7) is 0. The standard InChI is InChI=1S/C28H22O/c29-28(26-13-5-9-19-7-2-4-12-24(19)26)16-6-10-22-17-25-21(18-27(22)28)15-14-20-8-1-3-11-23(20)25/h1-5,7-9,11-15,17-18,29H,6,10,16H2/t28-/m0/s1. The van der Waals surface area contributed by atoms with Crippen molar-refractivity contribution in [3.05, 3.63) is 108 Å². The Morgan fingerprint density at radius 2 is 1.28 bits per heavy atom. The summed E-state index contributed by atoms with van der Waals surface area (Å²) in [5.74, 6) is 0. The molecule has 1 N–H and O–H groups in total. The Hall–Kier alpha value is -3.16. The smallest absolute Gasteiger partial charge is 0.115 e. The lowest BCUT2D eigenvalue weighted by molar-refractivity contribution is 0.0633. The van der Waals surface area contributed by atoms with Gasteiger partial charge in [-0.3, -0.25) is 0 Å². The molecule has 6 rings (SSSR count). The molecule has 1 atom stereocenters. The molecule has 29 heavy (non-hydrogen) atoms. The van der Waals surface area contributed by atoms with Gasteiger partial charge in [-0.25, -0.2) is 0 Å². The fourth-order valence-electron chi connectivity index (χ4n) is 5.23. The zero-order valence-electron chi connectivity index (χ0n) is 16.2. The minimum absolute atomic E-state index is 0.757. The van der Waals surface area contributed by atoms with E-state index in [0.29, 0.717) is 0 Å². The molecule has 1 aliphatic rings. The summed E-state index contributed by atoms with van der Waals surface area (Å²) in [6.07, 6.45) is 2.76. The van der Waals surface area contributed by atoms with E-state index in [1.54, 1.807) is 0 Å². The van der Waals surface area contributed by atoms with Gasteiger partial charge in [0.05, 0.1) is 0 Å². The van der Waals surface area contributed by atoms with Crippen LogP contribution in [0.1, 0.15) is 29.5 Å². The molecule has 5 aromatic rings. The summed E-state index contributed by atoms with van der Waals surface area (Å²) in [4.78, 5) is 0. The Morgan fingerprint density at radius 3 is 2.14 bits per heavy atom. The predicted molar refractivity (Wildman–Crippen MR) is 121 cm³/mol. The molecule has 140 valence electrons. The molecule has 0 radical (unpaired) electrons. The van der Waals surface area contributed by atoms with Gasteiger partial charge < -0.3 is 5.11 Å². The first-order valence-corrected chi connectivity index (χ1v) is 10.4.